The van der Waals surface area contributed by atoms with E-state index in [2.05, 4.69) is 15.2 Å². The quantitative estimate of drug-likeness (QED) is 0.555. The highest BCUT2D eigenvalue weighted by Gasteiger charge is 2.48. The second kappa shape index (κ2) is 10.9. The van der Waals surface area contributed by atoms with E-state index in [9.17, 15) is 18.0 Å². The summed E-state index contributed by atoms with van der Waals surface area (Å²) in [7, 11) is 0. The molecular weight excluding hydrogens is 507 g/mol. The molecule has 198 valence electrons. The van der Waals surface area contributed by atoms with E-state index in [0.717, 1.165) is 78.9 Å². The number of aromatic nitrogens is 2. The number of fused-ring (bicyclic) bond motifs is 1. The minimum atomic E-state index is -4.10. The molecule has 1 N–H and O–H groups in total. The number of rotatable bonds is 7. The molecule has 6 nitrogen and oxygen atoms in total. The van der Waals surface area contributed by atoms with Gasteiger partial charge in [0.15, 0.2) is 5.13 Å². The van der Waals surface area contributed by atoms with Crippen LogP contribution < -0.4 is 10.2 Å². The van der Waals surface area contributed by atoms with Crippen molar-refractivity contribution in [1.29, 1.82) is 0 Å². The summed E-state index contributed by atoms with van der Waals surface area (Å²) in [5.41, 5.74) is 1.08. The van der Waals surface area contributed by atoms with Gasteiger partial charge in [0.25, 0.3) is 0 Å². The standard InChI is InChI=1S/C25H34F3N5OS2/c1-16-29-13-20(35-16)12-23(34)30-19-4-2-17(3-5-19)6-9-32-10-7-21-22(8-11-32)36-24(31-21)33-14-18(15-33)25(26,27)28/h13,17-19H,2-12,14-15H2,1H3,(H,30,34)/t17-,19-. The summed E-state index contributed by atoms with van der Waals surface area (Å²) in [6, 6.07) is 0.287. The molecule has 1 saturated heterocycles. The van der Waals surface area contributed by atoms with Crippen LogP contribution in [0.15, 0.2) is 6.20 Å². The summed E-state index contributed by atoms with van der Waals surface area (Å²) >= 11 is 3.17. The van der Waals surface area contributed by atoms with E-state index >= 15 is 0 Å². The van der Waals surface area contributed by atoms with E-state index in [1.54, 1.807) is 33.8 Å². The number of amides is 1. The smallest absolute Gasteiger partial charge is 0.353 e. The first-order valence-electron chi connectivity index (χ1n) is 13.0. The van der Waals surface area contributed by atoms with Gasteiger partial charge in [0, 0.05) is 54.6 Å². The Bertz CT molecular complexity index is 1020. The molecule has 2 fully saturated rings. The molecule has 0 spiro atoms. The molecule has 5 rings (SSSR count). The van der Waals surface area contributed by atoms with Crippen molar-refractivity contribution in [2.75, 3.05) is 37.6 Å². The van der Waals surface area contributed by atoms with Crippen LogP contribution in [0.25, 0.3) is 0 Å². The van der Waals surface area contributed by atoms with E-state index in [0.29, 0.717) is 12.3 Å². The Balaban J connectivity index is 0.996. The normalized spacial score (nSPS) is 23.7. The van der Waals surface area contributed by atoms with Crippen LogP contribution in [0.2, 0.25) is 0 Å². The molecule has 0 radical (unpaired) electrons. The fourth-order valence-corrected chi connectivity index (χ4v) is 7.39. The molecular formula is C25H34F3N5OS2. The van der Waals surface area contributed by atoms with Crippen molar-refractivity contribution in [2.45, 2.75) is 70.5 Å². The third-order valence-corrected chi connectivity index (χ3v) is 9.90. The van der Waals surface area contributed by atoms with Crippen LogP contribution in [-0.4, -0.2) is 65.7 Å². The van der Waals surface area contributed by atoms with Crippen LogP contribution in [0.5, 0.6) is 0 Å². The van der Waals surface area contributed by atoms with E-state index in [1.807, 2.05) is 6.92 Å². The summed E-state index contributed by atoms with van der Waals surface area (Å²) < 4.78 is 38.4. The first-order valence-corrected chi connectivity index (χ1v) is 14.6. The van der Waals surface area contributed by atoms with Gasteiger partial charge >= 0.3 is 6.18 Å². The maximum Gasteiger partial charge on any atom is 0.395 e. The SMILES string of the molecule is Cc1ncc(CC(=O)N[C@H]2CC[C@H](CCN3CCc4nc(N5CC(C(F)(F)F)C5)sc4CC3)CC2)s1. The molecule has 1 saturated carbocycles. The number of anilines is 1. The Morgan fingerprint density at radius 3 is 2.58 bits per heavy atom. The zero-order chi connectivity index (χ0) is 25.3. The van der Waals surface area contributed by atoms with E-state index < -0.39 is 12.1 Å². The molecule has 36 heavy (non-hydrogen) atoms. The summed E-state index contributed by atoms with van der Waals surface area (Å²) in [6.07, 6.45) is 5.53. The summed E-state index contributed by atoms with van der Waals surface area (Å²) in [5.74, 6) is -0.404. The number of nitrogens with zero attached hydrogens (tertiary/aromatic N) is 4. The lowest BCUT2D eigenvalue weighted by Gasteiger charge is -2.39. The Labute approximate surface area is 218 Å². The number of carbonyl (C=O) groups excluding carboxylic acids is 1. The molecule has 0 unspecified atom stereocenters. The minimum absolute atomic E-state index is 0.0414. The number of thiazole rings is 2. The van der Waals surface area contributed by atoms with Crippen molar-refractivity contribution < 1.29 is 18.0 Å². The molecule has 4 heterocycles. The van der Waals surface area contributed by atoms with Crippen molar-refractivity contribution in [2.24, 2.45) is 11.8 Å². The van der Waals surface area contributed by atoms with Crippen LogP contribution >= 0.6 is 22.7 Å². The van der Waals surface area contributed by atoms with E-state index in [1.165, 1.54) is 11.3 Å². The third-order valence-electron chi connectivity index (χ3n) is 7.77. The monoisotopic (exact) mass is 541 g/mol. The molecule has 0 atom stereocenters. The molecule has 0 aromatic carbocycles. The first kappa shape index (κ1) is 25.9. The maximum absolute atomic E-state index is 12.8. The van der Waals surface area contributed by atoms with Crippen molar-refractivity contribution >= 4 is 33.7 Å². The average molecular weight is 542 g/mol. The van der Waals surface area contributed by atoms with Crippen molar-refractivity contribution in [3.8, 4) is 0 Å². The van der Waals surface area contributed by atoms with Crippen molar-refractivity contribution in [3.63, 3.8) is 0 Å². The Morgan fingerprint density at radius 2 is 1.89 bits per heavy atom. The van der Waals surface area contributed by atoms with Gasteiger partial charge in [-0.05, 0) is 57.9 Å². The van der Waals surface area contributed by atoms with Crippen LogP contribution in [0.3, 0.4) is 0 Å². The lowest BCUT2D eigenvalue weighted by atomic mass is 9.84. The average Bonchev–Trinajstić information content (AvgIpc) is 3.32. The Morgan fingerprint density at radius 1 is 1.14 bits per heavy atom. The van der Waals surface area contributed by atoms with Gasteiger partial charge in [0.1, 0.15) is 0 Å². The highest BCUT2D eigenvalue weighted by Crippen LogP contribution is 2.39. The van der Waals surface area contributed by atoms with Crippen molar-refractivity contribution in [3.05, 3.63) is 26.7 Å². The van der Waals surface area contributed by atoms with E-state index in [-0.39, 0.29) is 25.0 Å². The van der Waals surface area contributed by atoms with Gasteiger partial charge in [-0.15, -0.1) is 22.7 Å². The fourth-order valence-electron chi connectivity index (χ4n) is 5.48. The van der Waals surface area contributed by atoms with Gasteiger partial charge in [0.05, 0.1) is 23.0 Å². The topological polar surface area (TPSA) is 61.4 Å². The Kier molecular flexibility index (Phi) is 7.88. The zero-order valence-electron chi connectivity index (χ0n) is 20.6. The highest BCUT2D eigenvalue weighted by atomic mass is 32.1. The van der Waals surface area contributed by atoms with Crippen molar-refractivity contribution in [1.82, 2.24) is 20.2 Å². The maximum atomic E-state index is 12.8. The number of alkyl halides is 3. The summed E-state index contributed by atoms with van der Waals surface area (Å²) in [5, 5.41) is 4.97. The number of carbonyl (C=O) groups is 1. The number of halogens is 3. The number of hydrogen-bond donors (Lipinski definition) is 1. The van der Waals surface area contributed by atoms with Crippen LogP contribution in [0.1, 0.15) is 52.6 Å². The predicted octanol–water partition coefficient (Wildman–Crippen LogP) is 4.61. The molecule has 2 aromatic heterocycles. The number of aryl methyl sites for hydroxylation is 1. The second-order valence-corrected chi connectivity index (χ2v) is 12.8. The van der Waals surface area contributed by atoms with Gasteiger partial charge < -0.3 is 15.1 Å². The summed E-state index contributed by atoms with van der Waals surface area (Å²) in [4.78, 5) is 27.8. The first-order chi connectivity index (χ1) is 17.2. The molecule has 3 aliphatic rings. The van der Waals surface area contributed by atoms with Gasteiger partial charge in [-0.1, -0.05) is 0 Å². The van der Waals surface area contributed by atoms with Gasteiger partial charge in [0.2, 0.25) is 5.91 Å². The Hall–Kier alpha value is -1.72. The second-order valence-electron chi connectivity index (χ2n) is 10.4. The molecule has 1 amide bonds. The molecule has 1 aliphatic carbocycles. The van der Waals surface area contributed by atoms with Crippen LogP contribution in [0, 0.1) is 18.8 Å². The lowest BCUT2D eigenvalue weighted by molar-refractivity contribution is -0.180. The van der Waals surface area contributed by atoms with Gasteiger partial charge in [-0.25, -0.2) is 9.97 Å². The van der Waals surface area contributed by atoms with Gasteiger partial charge in [-0.2, -0.15) is 13.2 Å². The highest BCUT2D eigenvalue weighted by molar-refractivity contribution is 7.15. The predicted molar refractivity (Wildman–Crippen MR) is 137 cm³/mol. The minimum Gasteiger partial charge on any atom is -0.353 e. The largest absolute Gasteiger partial charge is 0.395 e. The van der Waals surface area contributed by atoms with E-state index in [4.69, 9.17) is 4.98 Å². The molecule has 2 aromatic rings. The lowest BCUT2D eigenvalue weighted by Crippen LogP contribution is -2.53. The molecule has 11 heteroatoms. The zero-order valence-corrected chi connectivity index (χ0v) is 22.3. The number of hydrogen-bond acceptors (Lipinski definition) is 7. The summed E-state index contributed by atoms with van der Waals surface area (Å²) in [6.45, 7) is 5.07. The number of nitrogens with one attached hydrogen (secondary N) is 1. The fraction of sp³-hybridized carbons (Fsp3) is 0.720. The molecule has 2 aliphatic heterocycles. The van der Waals surface area contributed by atoms with Crippen LogP contribution in [0.4, 0.5) is 18.3 Å². The third kappa shape index (κ3) is 6.39. The molecule has 0 bridgehead atoms. The van der Waals surface area contributed by atoms with Crippen LogP contribution in [-0.2, 0) is 24.1 Å². The van der Waals surface area contributed by atoms with Gasteiger partial charge in [-0.3, -0.25) is 4.79 Å².